The number of nitrogens with one attached hydrogen (secondary N) is 1. The Hall–Kier alpha value is -1.48. The summed E-state index contributed by atoms with van der Waals surface area (Å²) in [5.74, 6) is 1.000. The van der Waals surface area contributed by atoms with E-state index in [-0.39, 0.29) is 0 Å². The maximum absolute atomic E-state index is 5.80. The van der Waals surface area contributed by atoms with E-state index in [2.05, 4.69) is 54.2 Å². The summed E-state index contributed by atoms with van der Waals surface area (Å²) in [6.07, 6.45) is 4.37. The van der Waals surface area contributed by atoms with E-state index in [0.29, 0.717) is 0 Å². The largest absolute Gasteiger partial charge is 0.493 e. The van der Waals surface area contributed by atoms with Crippen LogP contribution in [0.3, 0.4) is 0 Å². The Labute approximate surface area is 115 Å². The first-order valence-electron chi connectivity index (χ1n) is 7.28. The number of nitrogens with zero attached hydrogens (tertiary/aromatic N) is 1. The lowest BCUT2D eigenvalue weighted by Gasteiger charge is -2.09. The van der Waals surface area contributed by atoms with Gasteiger partial charge in [0.15, 0.2) is 0 Å². The molecular formula is C16H24N2O. The van der Waals surface area contributed by atoms with Gasteiger partial charge in [-0.05, 0) is 37.6 Å². The summed E-state index contributed by atoms with van der Waals surface area (Å²) in [4.78, 5) is 0. The second kappa shape index (κ2) is 7.19. The van der Waals surface area contributed by atoms with Crippen LogP contribution in [0.2, 0.25) is 0 Å². The normalized spacial score (nSPS) is 11.1. The van der Waals surface area contributed by atoms with E-state index in [9.17, 15) is 0 Å². The van der Waals surface area contributed by atoms with Gasteiger partial charge in [-0.1, -0.05) is 19.9 Å². The highest BCUT2D eigenvalue weighted by molar-refractivity contribution is 5.86. The van der Waals surface area contributed by atoms with Gasteiger partial charge >= 0.3 is 0 Å². The van der Waals surface area contributed by atoms with Crippen LogP contribution < -0.4 is 10.1 Å². The van der Waals surface area contributed by atoms with Crippen molar-refractivity contribution in [2.75, 3.05) is 19.7 Å². The summed E-state index contributed by atoms with van der Waals surface area (Å²) in [5, 5.41) is 4.65. The van der Waals surface area contributed by atoms with Gasteiger partial charge in [-0.3, -0.25) is 0 Å². The minimum Gasteiger partial charge on any atom is -0.493 e. The molecule has 1 N–H and O–H groups in total. The summed E-state index contributed by atoms with van der Waals surface area (Å²) in [6, 6.07) is 8.44. The number of rotatable bonds is 8. The van der Waals surface area contributed by atoms with Crippen molar-refractivity contribution in [3.05, 3.63) is 30.5 Å². The van der Waals surface area contributed by atoms with Crippen molar-refractivity contribution < 1.29 is 4.74 Å². The minimum atomic E-state index is 0.780. The molecule has 2 aromatic rings. The molecule has 2 rings (SSSR count). The highest BCUT2D eigenvalue weighted by atomic mass is 16.5. The van der Waals surface area contributed by atoms with E-state index in [4.69, 9.17) is 4.74 Å². The minimum absolute atomic E-state index is 0.780. The SMILES string of the molecule is CCCNCCn1ccc2c(OCCC)cccc21. The van der Waals surface area contributed by atoms with E-state index in [1.54, 1.807) is 0 Å². The standard InChI is InChI=1S/C16H24N2O/c1-3-9-17-10-12-18-11-8-14-15(18)6-5-7-16(14)19-13-4-2/h5-8,11,17H,3-4,9-10,12-13H2,1-2H3. The van der Waals surface area contributed by atoms with Crippen LogP contribution in [-0.4, -0.2) is 24.3 Å². The third kappa shape index (κ3) is 3.51. The quantitative estimate of drug-likeness (QED) is 0.736. The Morgan fingerprint density at radius 1 is 1.11 bits per heavy atom. The predicted molar refractivity (Wildman–Crippen MR) is 80.9 cm³/mol. The topological polar surface area (TPSA) is 26.2 Å². The van der Waals surface area contributed by atoms with E-state index in [1.807, 2.05) is 0 Å². The molecule has 0 aliphatic carbocycles. The molecule has 1 aromatic heterocycles. The van der Waals surface area contributed by atoms with Crippen LogP contribution in [0.4, 0.5) is 0 Å². The second-order valence-corrected chi connectivity index (χ2v) is 4.80. The van der Waals surface area contributed by atoms with Crippen LogP contribution in [0.5, 0.6) is 5.75 Å². The Morgan fingerprint density at radius 3 is 2.79 bits per heavy atom. The molecule has 1 aromatic carbocycles. The second-order valence-electron chi connectivity index (χ2n) is 4.80. The van der Waals surface area contributed by atoms with Gasteiger partial charge in [0.05, 0.1) is 12.1 Å². The summed E-state index contributed by atoms with van der Waals surface area (Å²) >= 11 is 0. The van der Waals surface area contributed by atoms with Crippen LogP contribution >= 0.6 is 0 Å². The Balaban J connectivity index is 2.09. The van der Waals surface area contributed by atoms with Crippen LogP contribution in [0, 0.1) is 0 Å². The lowest BCUT2D eigenvalue weighted by atomic mass is 10.2. The van der Waals surface area contributed by atoms with E-state index < -0.39 is 0 Å². The number of hydrogen-bond acceptors (Lipinski definition) is 2. The van der Waals surface area contributed by atoms with Crippen LogP contribution in [0.1, 0.15) is 26.7 Å². The highest BCUT2D eigenvalue weighted by Gasteiger charge is 2.05. The maximum Gasteiger partial charge on any atom is 0.128 e. The van der Waals surface area contributed by atoms with E-state index >= 15 is 0 Å². The molecule has 0 fully saturated rings. The molecule has 1 heterocycles. The van der Waals surface area contributed by atoms with Gasteiger partial charge in [0.25, 0.3) is 0 Å². The van der Waals surface area contributed by atoms with Crippen molar-refractivity contribution in [3.63, 3.8) is 0 Å². The lowest BCUT2D eigenvalue weighted by molar-refractivity contribution is 0.321. The molecule has 0 aliphatic heterocycles. The first kappa shape index (κ1) is 13.9. The number of ether oxygens (including phenoxy) is 1. The predicted octanol–water partition coefficient (Wildman–Crippen LogP) is 3.43. The van der Waals surface area contributed by atoms with Crippen LogP contribution in [0.15, 0.2) is 30.5 Å². The molecule has 0 amide bonds. The number of hydrogen-bond donors (Lipinski definition) is 1. The number of benzene rings is 1. The van der Waals surface area contributed by atoms with Crippen molar-refractivity contribution in [1.82, 2.24) is 9.88 Å². The van der Waals surface area contributed by atoms with Crippen molar-refractivity contribution in [2.24, 2.45) is 0 Å². The zero-order valence-corrected chi connectivity index (χ0v) is 12.0. The zero-order chi connectivity index (χ0) is 13.5. The van der Waals surface area contributed by atoms with Crippen molar-refractivity contribution >= 4 is 10.9 Å². The van der Waals surface area contributed by atoms with Gasteiger partial charge < -0.3 is 14.6 Å². The van der Waals surface area contributed by atoms with E-state index in [0.717, 1.165) is 38.4 Å². The lowest BCUT2D eigenvalue weighted by Crippen LogP contribution is -2.20. The molecule has 104 valence electrons. The van der Waals surface area contributed by atoms with E-state index in [1.165, 1.54) is 17.3 Å². The van der Waals surface area contributed by atoms with Gasteiger partial charge in [-0.15, -0.1) is 0 Å². The molecule has 3 nitrogen and oxygen atoms in total. The Kier molecular flexibility index (Phi) is 5.28. The smallest absolute Gasteiger partial charge is 0.128 e. The van der Waals surface area contributed by atoms with Gasteiger partial charge in [0.1, 0.15) is 5.75 Å². The fraction of sp³-hybridized carbons (Fsp3) is 0.500. The summed E-state index contributed by atoms with van der Waals surface area (Å²) in [7, 11) is 0. The van der Waals surface area contributed by atoms with Crippen LogP contribution in [0.25, 0.3) is 10.9 Å². The first-order valence-corrected chi connectivity index (χ1v) is 7.28. The fourth-order valence-electron chi connectivity index (χ4n) is 2.23. The molecule has 0 atom stereocenters. The van der Waals surface area contributed by atoms with Gasteiger partial charge in [-0.2, -0.15) is 0 Å². The Morgan fingerprint density at radius 2 is 2.00 bits per heavy atom. The van der Waals surface area contributed by atoms with Gasteiger partial charge in [0, 0.05) is 24.7 Å². The third-order valence-corrected chi connectivity index (χ3v) is 3.19. The number of fused-ring (bicyclic) bond motifs is 1. The van der Waals surface area contributed by atoms with Crippen molar-refractivity contribution in [2.45, 2.75) is 33.2 Å². The van der Waals surface area contributed by atoms with Gasteiger partial charge in [-0.25, -0.2) is 0 Å². The average molecular weight is 260 g/mol. The molecule has 0 saturated heterocycles. The molecule has 0 unspecified atom stereocenters. The average Bonchev–Trinajstić information content (AvgIpc) is 2.85. The fourth-order valence-corrected chi connectivity index (χ4v) is 2.23. The molecule has 19 heavy (non-hydrogen) atoms. The molecular weight excluding hydrogens is 236 g/mol. The summed E-state index contributed by atoms with van der Waals surface area (Å²) in [6.45, 7) is 8.20. The van der Waals surface area contributed by atoms with Crippen molar-refractivity contribution in [3.8, 4) is 5.75 Å². The summed E-state index contributed by atoms with van der Waals surface area (Å²) < 4.78 is 8.08. The van der Waals surface area contributed by atoms with Gasteiger partial charge in [0.2, 0.25) is 0 Å². The third-order valence-electron chi connectivity index (χ3n) is 3.19. The molecule has 0 radical (unpaired) electrons. The molecule has 0 aliphatic rings. The highest BCUT2D eigenvalue weighted by Crippen LogP contribution is 2.26. The first-order chi connectivity index (χ1) is 9.36. The molecule has 0 spiro atoms. The molecule has 0 bridgehead atoms. The zero-order valence-electron chi connectivity index (χ0n) is 12.0. The van der Waals surface area contributed by atoms with Crippen molar-refractivity contribution in [1.29, 1.82) is 0 Å². The summed E-state index contributed by atoms with van der Waals surface area (Å²) in [5.41, 5.74) is 1.26. The maximum atomic E-state index is 5.80. The molecule has 0 saturated carbocycles. The molecule has 3 heteroatoms. The Bertz CT molecular complexity index is 504. The number of aromatic nitrogens is 1. The van der Waals surface area contributed by atoms with Crippen LogP contribution in [-0.2, 0) is 6.54 Å². The monoisotopic (exact) mass is 260 g/mol.